The number of carbonyl (C=O) groups excluding carboxylic acids is 1. The number of ketones is 1. The van der Waals surface area contributed by atoms with Crippen LogP contribution in [-0.2, 0) is 0 Å². The third-order valence-electron chi connectivity index (χ3n) is 5.81. The molecule has 0 fully saturated rings. The molecule has 3 aromatic carbocycles. The van der Waals surface area contributed by atoms with Crippen LogP contribution in [0.1, 0.15) is 32.8 Å². The Balaban J connectivity index is 1.72. The molecule has 4 heteroatoms. The Morgan fingerprint density at radius 3 is 2.10 bits per heavy atom. The van der Waals surface area contributed by atoms with E-state index in [-0.39, 0.29) is 5.78 Å². The second-order valence-electron chi connectivity index (χ2n) is 7.85. The van der Waals surface area contributed by atoms with Gasteiger partial charge < -0.3 is 8.83 Å². The van der Waals surface area contributed by atoms with E-state index < -0.39 is 5.63 Å². The minimum absolute atomic E-state index is 0.166. The van der Waals surface area contributed by atoms with E-state index in [1.807, 2.05) is 69.3 Å². The molecule has 152 valence electrons. The molecule has 0 bridgehead atoms. The maximum absolute atomic E-state index is 13.0. The van der Waals surface area contributed by atoms with Gasteiger partial charge in [-0.25, -0.2) is 4.79 Å². The van der Waals surface area contributed by atoms with E-state index >= 15 is 0 Å². The second-order valence-corrected chi connectivity index (χ2v) is 7.85. The first kappa shape index (κ1) is 19.1. The van der Waals surface area contributed by atoms with Crippen molar-refractivity contribution in [2.24, 2.45) is 0 Å². The molecule has 0 amide bonds. The number of hydrogen-bond acceptors (Lipinski definition) is 4. The highest BCUT2D eigenvalue weighted by Crippen LogP contribution is 2.34. The number of hydrogen-bond donors (Lipinski definition) is 0. The molecule has 5 aromatic rings. The van der Waals surface area contributed by atoms with Gasteiger partial charge in [-0.1, -0.05) is 60.2 Å². The first-order valence-electron chi connectivity index (χ1n) is 10.1. The number of aryl methyl sites for hydroxylation is 3. The quantitative estimate of drug-likeness (QED) is 0.257. The van der Waals surface area contributed by atoms with Crippen molar-refractivity contribution in [1.29, 1.82) is 0 Å². The molecule has 0 saturated carbocycles. The molecular formula is C27H20O4. The van der Waals surface area contributed by atoms with E-state index in [1.165, 1.54) is 0 Å². The fourth-order valence-electron chi connectivity index (χ4n) is 4.06. The summed E-state index contributed by atoms with van der Waals surface area (Å²) in [5, 5.41) is 1.66. The van der Waals surface area contributed by atoms with Gasteiger partial charge in [-0.2, -0.15) is 0 Å². The van der Waals surface area contributed by atoms with E-state index in [0.29, 0.717) is 28.1 Å². The lowest BCUT2D eigenvalue weighted by molar-refractivity contribution is 0.101. The molecule has 0 unspecified atom stereocenters. The van der Waals surface area contributed by atoms with Crippen molar-refractivity contribution in [3.8, 4) is 11.1 Å². The van der Waals surface area contributed by atoms with Crippen molar-refractivity contribution < 1.29 is 13.6 Å². The zero-order valence-electron chi connectivity index (χ0n) is 17.5. The Morgan fingerprint density at radius 1 is 0.742 bits per heavy atom. The van der Waals surface area contributed by atoms with Crippen molar-refractivity contribution in [3.05, 3.63) is 105 Å². The van der Waals surface area contributed by atoms with Crippen LogP contribution in [0.4, 0.5) is 0 Å². The van der Waals surface area contributed by atoms with Crippen LogP contribution in [0.25, 0.3) is 33.1 Å². The van der Waals surface area contributed by atoms with Gasteiger partial charge in [0.05, 0.1) is 5.56 Å². The summed E-state index contributed by atoms with van der Waals surface area (Å²) in [5.74, 6) is 0.137. The monoisotopic (exact) mass is 408 g/mol. The zero-order valence-corrected chi connectivity index (χ0v) is 17.5. The van der Waals surface area contributed by atoms with Crippen LogP contribution in [0.2, 0.25) is 0 Å². The van der Waals surface area contributed by atoms with Crippen LogP contribution in [0.5, 0.6) is 0 Å². The Hall–Kier alpha value is -3.92. The molecule has 0 saturated heterocycles. The van der Waals surface area contributed by atoms with Gasteiger partial charge in [0.15, 0.2) is 5.76 Å². The highest BCUT2D eigenvalue weighted by molar-refractivity contribution is 6.11. The van der Waals surface area contributed by atoms with Gasteiger partial charge in [0.1, 0.15) is 11.2 Å². The van der Waals surface area contributed by atoms with Crippen molar-refractivity contribution in [2.75, 3.05) is 0 Å². The second kappa shape index (κ2) is 7.10. The summed E-state index contributed by atoms with van der Waals surface area (Å²) in [6.45, 7) is 5.78. The summed E-state index contributed by atoms with van der Waals surface area (Å²) in [6, 6.07) is 20.5. The maximum atomic E-state index is 13.0. The number of fused-ring (bicyclic) bond motifs is 2. The molecule has 31 heavy (non-hydrogen) atoms. The van der Waals surface area contributed by atoms with Gasteiger partial charge in [-0.05, 0) is 38.0 Å². The lowest BCUT2D eigenvalue weighted by Crippen LogP contribution is -2.05. The number of carbonyl (C=O) groups is 1. The fraction of sp³-hybridized carbons (Fsp3) is 0.111. The molecular weight excluding hydrogens is 388 g/mol. The molecule has 0 atom stereocenters. The highest BCUT2D eigenvalue weighted by Gasteiger charge is 2.21. The average molecular weight is 408 g/mol. The van der Waals surface area contributed by atoms with Crippen LogP contribution in [-0.4, -0.2) is 5.78 Å². The van der Waals surface area contributed by atoms with Crippen LogP contribution in [0, 0.1) is 20.8 Å². The molecule has 0 N–H and O–H groups in total. The molecule has 0 aliphatic rings. The maximum Gasteiger partial charge on any atom is 0.344 e. The zero-order chi connectivity index (χ0) is 21.7. The lowest BCUT2D eigenvalue weighted by Gasteiger charge is -2.08. The Morgan fingerprint density at radius 2 is 1.39 bits per heavy atom. The Bertz CT molecular complexity index is 1520. The third-order valence-corrected chi connectivity index (χ3v) is 5.81. The van der Waals surface area contributed by atoms with Gasteiger partial charge in [0.25, 0.3) is 0 Å². The molecule has 4 nitrogen and oxygen atoms in total. The summed E-state index contributed by atoms with van der Waals surface area (Å²) in [5.41, 5.74) is 5.21. The minimum atomic E-state index is -0.394. The Labute approximate surface area is 178 Å². The number of rotatable bonds is 3. The summed E-state index contributed by atoms with van der Waals surface area (Å²) >= 11 is 0. The largest absolute Gasteiger partial charge is 0.452 e. The molecule has 5 rings (SSSR count). The van der Waals surface area contributed by atoms with Crippen molar-refractivity contribution in [1.82, 2.24) is 0 Å². The predicted molar refractivity (Wildman–Crippen MR) is 122 cm³/mol. The van der Waals surface area contributed by atoms with Crippen molar-refractivity contribution >= 4 is 27.7 Å². The van der Waals surface area contributed by atoms with Crippen LogP contribution in [0.15, 0.2) is 80.4 Å². The standard InChI is InChI=1S/C27H20O4/c1-15-9-11-19(12-10-15)25(28)26-17(3)21-13-20-16(2)24(18-7-5-4-6-8-18)27(29)31-23(20)14-22(21)30-26/h4-14H,1-3H3. The van der Waals surface area contributed by atoms with E-state index in [4.69, 9.17) is 8.83 Å². The minimum Gasteiger partial charge on any atom is -0.452 e. The SMILES string of the molecule is Cc1ccc(C(=O)c2oc3cc4oc(=O)c(-c5ccccc5)c(C)c4cc3c2C)cc1. The predicted octanol–water partition coefficient (Wildman–Crippen LogP) is 6.36. The van der Waals surface area contributed by atoms with Gasteiger partial charge in [-0.3, -0.25) is 4.79 Å². The van der Waals surface area contributed by atoms with Crippen molar-refractivity contribution in [3.63, 3.8) is 0 Å². The average Bonchev–Trinajstić information content (AvgIpc) is 3.09. The van der Waals surface area contributed by atoms with Gasteiger partial charge in [-0.15, -0.1) is 0 Å². The van der Waals surface area contributed by atoms with Gasteiger partial charge in [0, 0.05) is 28.0 Å². The third kappa shape index (κ3) is 3.08. The van der Waals surface area contributed by atoms with E-state index in [0.717, 1.165) is 33.0 Å². The molecule has 0 spiro atoms. The Kier molecular flexibility index (Phi) is 4.36. The normalized spacial score (nSPS) is 11.3. The molecule has 0 aliphatic heterocycles. The van der Waals surface area contributed by atoms with E-state index in [9.17, 15) is 9.59 Å². The first-order chi connectivity index (χ1) is 14.9. The summed E-state index contributed by atoms with van der Waals surface area (Å²) in [7, 11) is 0. The highest BCUT2D eigenvalue weighted by atomic mass is 16.4. The van der Waals surface area contributed by atoms with E-state index in [1.54, 1.807) is 18.2 Å². The number of benzene rings is 3. The van der Waals surface area contributed by atoms with Gasteiger partial charge >= 0.3 is 5.63 Å². The lowest BCUT2D eigenvalue weighted by atomic mass is 9.98. The van der Waals surface area contributed by atoms with Gasteiger partial charge in [0.2, 0.25) is 5.78 Å². The van der Waals surface area contributed by atoms with Crippen LogP contribution >= 0.6 is 0 Å². The van der Waals surface area contributed by atoms with Crippen molar-refractivity contribution in [2.45, 2.75) is 20.8 Å². The summed E-state index contributed by atoms with van der Waals surface area (Å²) in [6.07, 6.45) is 0. The van der Waals surface area contributed by atoms with Crippen LogP contribution in [0.3, 0.4) is 0 Å². The van der Waals surface area contributed by atoms with Crippen LogP contribution < -0.4 is 5.63 Å². The number of furan rings is 1. The summed E-state index contributed by atoms with van der Waals surface area (Å²) in [4.78, 5) is 25.8. The fourth-order valence-corrected chi connectivity index (χ4v) is 4.06. The molecule has 2 heterocycles. The smallest absolute Gasteiger partial charge is 0.344 e. The van der Waals surface area contributed by atoms with E-state index in [2.05, 4.69) is 0 Å². The topological polar surface area (TPSA) is 60.4 Å². The summed E-state index contributed by atoms with van der Waals surface area (Å²) < 4.78 is 11.6. The molecule has 0 aliphatic carbocycles. The molecule has 0 radical (unpaired) electrons. The first-order valence-corrected chi connectivity index (χ1v) is 10.1. The molecule has 2 aromatic heterocycles.